The van der Waals surface area contributed by atoms with E-state index in [1.54, 1.807) is 0 Å². The van der Waals surface area contributed by atoms with Crippen LogP contribution in [0, 0.1) is 10.8 Å². The maximum absolute atomic E-state index is 10.7. The fourth-order valence-electron chi connectivity index (χ4n) is 1.81. The van der Waals surface area contributed by atoms with Crippen molar-refractivity contribution < 1.29 is 14.3 Å². The molecule has 0 radical (unpaired) electrons. The Labute approximate surface area is 81.8 Å². The predicted octanol–water partition coefficient (Wildman–Crippen LogP) is 1.05. The molecule has 0 saturated heterocycles. The van der Waals surface area contributed by atoms with Gasteiger partial charge < -0.3 is 9.53 Å². The second kappa shape index (κ2) is 4.83. The van der Waals surface area contributed by atoms with Crippen molar-refractivity contribution in [3.63, 3.8) is 0 Å². The molecule has 1 rings (SSSR count). The molecule has 1 fully saturated rings. The molecular weight excluding hydrogens is 186 g/mol. The van der Waals surface area contributed by atoms with Crippen LogP contribution in [-0.4, -0.2) is 24.4 Å². The third kappa shape index (κ3) is 2.90. The summed E-state index contributed by atoms with van der Waals surface area (Å²) in [4.78, 5) is 31.6. The van der Waals surface area contributed by atoms with Gasteiger partial charge in [0.05, 0.1) is 6.04 Å². The normalized spacial score (nSPS) is 31.9. The first-order valence-electron chi connectivity index (χ1n) is 4.60. The van der Waals surface area contributed by atoms with Crippen LogP contribution < -0.4 is 0 Å². The Balaban J connectivity index is 2.54. The number of hydrogen-bond acceptors (Lipinski definition) is 5. The zero-order valence-corrected chi connectivity index (χ0v) is 8.01. The molecule has 0 aliphatic heterocycles. The molecule has 0 aromatic rings. The summed E-state index contributed by atoms with van der Waals surface area (Å²) in [5.41, 5.74) is 0. The van der Waals surface area contributed by atoms with E-state index in [0.29, 0.717) is 19.3 Å². The van der Waals surface area contributed by atoms with Gasteiger partial charge in [0.15, 0.2) is 0 Å². The van der Waals surface area contributed by atoms with Crippen molar-refractivity contribution in [1.82, 2.24) is 0 Å². The molecular formula is C9H13NO4. The lowest BCUT2D eigenvalue weighted by molar-refractivity contribution is -0.149. The van der Waals surface area contributed by atoms with Gasteiger partial charge in [-0.15, -0.1) is 0 Å². The largest absolute Gasteiger partial charge is 0.462 e. The number of carbonyl (C=O) groups is 2. The lowest BCUT2D eigenvalue weighted by atomic mass is 9.85. The highest BCUT2D eigenvalue weighted by Crippen LogP contribution is 2.27. The highest BCUT2D eigenvalue weighted by molar-refractivity contribution is 5.66. The van der Waals surface area contributed by atoms with Crippen molar-refractivity contribution in [2.75, 3.05) is 0 Å². The van der Waals surface area contributed by atoms with Gasteiger partial charge in [-0.05, 0) is 12.8 Å². The van der Waals surface area contributed by atoms with Crippen molar-refractivity contribution in [1.29, 1.82) is 0 Å². The topological polar surface area (TPSA) is 72.8 Å². The van der Waals surface area contributed by atoms with Crippen molar-refractivity contribution >= 4 is 12.3 Å². The second-order valence-electron chi connectivity index (χ2n) is 3.59. The molecule has 0 aromatic heterocycles. The third-order valence-corrected chi connectivity index (χ3v) is 2.35. The van der Waals surface area contributed by atoms with E-state index in [4.69, 9.17) is 4.74 Å². The standard InChI is InChI=1S/C9H13NO4/c1-6(12)14-9-3-7(5-11)2-8(4-9)10-13/h5,7-9H,2-4H2,1H3/t7-,8+,9-/m1/s1. The van der Waals surface area contributed by atoms with Crippen molar-refractivity contribution in [2.45, 2.75) is 38.3 Å². The number of rotatable bonds is 3. The molecule has 3 atom stereocenters. The van der Waals surface area contributed by atoms with Crippen LogP contribution in [-0.2, 0) is 14.3 Å². The Morgan fingerprint density at radius 2 is 2.14 bits per heavy atom. The van der Waals surface area contributed by atoms with Gasteiger partial charge in [0.1, 0.15) is 12.4 Å². The Bertz CT molecular complexity index is 225. The fraction of sp³-hybridized carbons (Fsp3) is 0.778. The zero-order chi connectivity index (χ0) is 10.6. The zero-order valence-electron chi connectivity index (χ0n) is 8.01. The van der Waals surface area contributed by atoms with Crippen molar-refractivity contribution in [3.8, 4) is 0 Å². The van der Waals surface area contributed by atoms with Crippen molar-refractivity contribution in [2.24, 2.45) is 11.1 Å². The molecule has 0 spiro atoms. The van der Waals surface area contributed by atoms with E-state index < -0.39 is 6.04 Å². The maximum Gasteiger partial charge on any atom is 0.302 e. The van der Waals surface area contributed by atoms with E-state index in [1.807, 2.05) is 0 Å². The lowest BCUT2D eigenvalue weighted by Crippen LogP contribution is -2.32. The highest BCUT2D eigenvalue weighted by atomic mass is 16.5. The predicted molar refractivity (Wildman–Crippen MR) is 48.5 cm³/mol. The monoisotopic (exact) mass is 199 g/mol. The molecule has 5 nitrogen and oxygen atoms in total. The average Bonchev–Trinajstić information content (AvgIpc) is 2.16. The van der Waals surface area contributed by atoms with Crippen LogP contribution in [0.3, 0.4) is 0 Å². The summed E-state index contributed by atoms with van der Waals surface area (Å²) in [6, 6.07) is -0.400. The molecule has 1 saturated carbocycles. The van der Waals surface area contributed by atoms with Crippen LogP contribution in [0.15, 0.2) is 5.18 Å². The van der Waals surface area contributed by atoms with E-state index in [0.717, 1.165) is 6.29 Å². The van der Waals surface area contributed by atoms with Crippen LogP contribution in [0.2, 0.25) is 0 Å². The van der Waals surface area contributed by atoms with Crippen LogP contribution >= 0.6 is 0 Å². The minimum absolute atomic E-state index is 0.212. The van der Waals surface area contributed by atoms with Gasteiger partial charge in [-0.2, -0.15) is 4.91 Å². The molecule has 1 aliphatic carbocycles. The number of ether oxygens (including phenoxy) is 1. The van der Waals surface area contributed by atoms with E-state index in [9.17, 15) is 14.5 Å². The Morgan fingerprint density at radius 3 is 2.64 bits per heavy atom. The van der Waals surface area contributed by atoms with Gasteiger partial charge in [0.25, 0.3) is 0 Å². The third-order valence-electron chi connectivity index (χ3n) is 2.35. The summed E-state index contributed by atoms with van der Waals surface area (Å²) in [5, 5.41) is 2.90. The van der Waals surface area contributed by atoms with Gasteiger partial charge in [0.2, 0.25) is 0 Å². The lowest BCUT2D eigenvalue weighted by Gasteiger charge is -2.28. The van der Waals surface area contributed by atoms with Gasteiger partial charge in [-0.1, -0.05) is 5.18 Å². The number of nitroso groups, excluding NO2 is 1. The summed E-state index contributed by atoms with van der Waals surface area (Å²) < 4.78 is 4.96. The minimum Gasteiger partial charge on any atom is -0.462 e. The van der Waals surface area contributed by atoms with Gasteiger partial charge >= 0.3 is 5.97 Å². The van der Waals surface area contributed by atoms with E-state index >= 15 is 0 Å². The summed E-state index contributed by atoms with van der Waals surface area (Å²) >= 11 is 0. The molecule has 0 aromatic carbocycles. The first-order valence-corrected chi connectivity index (χ1v) is 4.60. The van der Waals surface area contributed by atoms with E-state index in [-0.39, 0.29) is 18.0 Å². The molecule has 1 aliphatic rings. The Morgan fingerprint density at radius 1 is 1.43 bits per heavy atom. The highest BCUT2D eigenvalue weighted by Gasteiger charge is 2.31. The summed E-state index contributed by atoms with van der Waals surface area (Å²) in [7, 11) is 0. The molecule has 14 heavy (non-hydrogen) atoms. The summed E-state index contributed by atoms with van der Waals surface area (Å²) in [6.07, 6.45) is 1.89. The Kier molecular flexibility index (Phi) is 3.73. The van der Waals surface area contributed by atoms with Crippen LogP contribution in [0.5, 0.6) is 0 Å². The fourth-order valence-corrected chi connectivity index (χ4v) is 1.81. The molecule has 0 N–H and O–H groups in total. The Hall–Kier alpha value is -1.26. The van der Waals surface area contributed by atoms with Gasteiger partial charge in [0, 0.05) is 19.3 Å². The van der Waals surface area contributed by atoms with Gasteiger partial charge in [-0.3, -0.25) is 4.79 Å². The van der Waals surface area contributed by atoms with E-state index in [1.165, 1.54) is 6.92 Å². The van der Waals surface area contributed by atoms with Crippen LogP contribution in [0.25, 0.3) is 0 Å². The SMILES string of the molecule is CC(=O)O[C@@H]1C[C@H](C=O)C[C@H](N=O)C1. The van der Waals surface area contributed by atoms with Crippen molar-refractivity contribution in [3.05, 3.63) is 4.91 Å². The summed E-state index contributed by atoms with van der Waals surface area (Å²) in [5.74, 6) is -0.595. The quantitative estimate of drug-likeness (QED) is 0.387. The smallest absolute Gasteiger partial charge is 0.302 e. The van der Waals surface area contributed by atoms with Crippen LogP contribution in [0.4, 0.5) is 0 Å². The minimum atomic E-state index is -0.400. The first-order chi connectivity index (χ1) is 6.65. The van der Waals surface area contributed by atoms with Crippen LogP contribution in [0.1, 0.15) is 26.2 Å². The number of nitrogens with zero attached hydrogens (tertiary/aromatic N) is 1. The number of hydrogen-bond donors (Lipinski definition) is 0. The second-order valence-corrected chi connectivity index (χ2v) is 3.59. The molecule has 78 valence electrons. The molecule has 0 amide bonds. The summed E-state index contributed by atoms with van der Waals surface area (Å²) in [6.45, 7) is 1.31. The van der Waals surface area contributed by atoms with E-state index in [2.05, 4.69) is 5.18 Å². The maximum atomic E-state index is 10.7. The molecule has 0 heterocycles. The number of aldehydes is 1. The number of esters is 1. The molecule has 5 heteroatoms. The first kappa shape index (κ1) is 10.8. The number of carbonyl (C=O) groups excluding carboxylic acids is 2. The molecule has 0 bridgehead atoms. The average molecular weight is 199 g/mol. The van der Waals surface area contributed by atoms with Gasteiger partial charge in [-0.25, -0.2) is 0 Å². The molecule has 0 unspecified atom stereocenters.